The summed E-state index contributed by atoms with van der Waals surface area (Å²) in [5.41, 5.74) is 3.48. The molecule has 18 heavy (non-hydrogen) atoms. The van der Waals surface area contributed by atoms with E-state index in [-0.39, 0.29) is 12.1 Å². The Morgan fingerprint density at radius 1 is 1.33 bits per heavy atom. The molecule has 1 N–H and O–H groups in total. The summed E-state index contributed by atoms with van der Waals surface area (Å²) in [6, 6.07) is 7.93. The van der Waals surface area contributed by atoms with Gasteiger partial charge < -0.3 is 0 Å². The van der Waals surface area contributed by atoms with Gasteiger partial charge in [-0.3, -0.25) is 4.18 Å². The number of rotatable bonds is 1. The highest BCUT2D eigenvalue weighted by Gasteiger charge is 2.33. The lowest BCUT2D eigenvalue weighted by atomic mass is 9.96. The monoisotopic (exact) mass is 265 g/mol. The average molecular weight is 265 g/mol. The van der Waals surface area contributed by atoms with E-state index >= 15 is 0 Å². The van der Waals surface area contributed by atoms with E-state index in [0.29, 0.717) is 6.42 Å². The molecule has 1 aromatic carbocycles. The van der Waals surface area contributed by atoms with Crippen molar-refractivity contribution in [3.63, 3.8) is 0 Å². The van der Waals surface area contributed by atoms with Gasteiger partial charge in [0, 0.05) is 0 Å². The van der Waals surface area contributed by atoms with Crippen molar-refractivity contribution >= 4 is 15.9 Å². The second-order valence-electron chi connectivity index (χ2n) is 4.79. The van der Waals surface area contributed by atoms with Gasteiger partial charge in [0.05, 0.1) is 12.1 Å². The number of benzene rings is 1. The molecule has 1 unspecified atom stereocenters. The number of nitrogens with one attached hydrogen (secondary N) is 1. The van der Waals surface area contributed by atoms with E-state index in [1.54, 1.807) is 6.92 Å². The zero-order valence-corrected chi connectivity index (χ0v) is 10.9. The van der Waals surface area contributed by atoms with Gasteiger partial charge in [0.25, 0.3) is 0 Å². The first kappa shape index (κ1) is 11.9. The van der Waals surface area contributed by atoms with Crippen LogP contribution in [0.15, 0.2) is 30.3 Å². The van der Waals surface area contributed by atoms with Crippen LogP contribution in [-0.2, 0) is 20.9 Å². The highest BCUT2D eigenvalue weighted by molar-refractivity contribution is 7.84. The van der Waals surface area contributed by atoms with Crippen LogP contribution in [0, 0.1) is 0 Å². The Balaban J connectivity index is 1.93. The quantitative estimate of drug-likeness (QED) is 0.840. The van der Waals surface area contributed by atoms with Gasteiger partial charge in [0.1, 0.15) is 0 Å². The van der Waals surface area contributed by atoms with E-state index in [0.717, 1.165) is 17.6 Å². The van der Waals surface area contributed by atoms with E-state index in [9.17, 15) is 8.42 Å². The second-order valence-corrected chi connectivity index (χ2v) is 6.12. The van der Waals surface area contributed by atoms with Crippen molar-refractivity contribution in [2.45, 2.75) is 31.9 Å². The van der Waals surface area contributed by atoms with Crippen LogP contribution in [0.2, 0.25) is 0 Å². The molecule has 1 saturated heterocycles. The van der Waals surface area contributed by atoms with Crippen molar-refractivity contribution in [3.05, 3.63) is 41.5 Å². The van der Waals surface area contributed by atoms with Crippen molar-refractivity contribution < 1.29 is 12.6 Å². The van der Waals surface area contributed by atoms with Gasteiger partial charge >= 0.3 is 10.3 Å². The third-order valence-corrected chi connectivity index (χ3v) is 4.55. The Bertz CT molecular complexity index is 606. The summed E-state index contributed by atoms with van der Waals surface area (Å²) in [7, 11) is -3.61. The molecule has 3 rings (SSSR count). The molecule has 96 valence electrons. The lowest BCUT2D eigenvalue weighted by molar-refractivity contribution is 0.185. The van der Waals surface area contributed by atoms with Crippen LogP contribution in [0.4, 0.5) is 0 Å². The molecule has 4 nitrogen and oxygen atoms in total. The molecule has 0 aromatic heterocycles. The Hall–Kier alpha value is -1.17. The van der Waals surface area contributed by atoms with Crippen molar-refractivity contribution in [2.75, 3.05) is 0 Å². The number of hydrogen-bond donors (Lipinski definition) is 1. The van der Waals surface area contributed by atoms with Crippen molar-refractivity contribution in [1.82, 2.24) is 4.72 Å². The van der Waals surface area contributed by atoms with Crippen LogP contribution in [-0.4, -0.2) is 20.6 Å². The fourth-order valence-electron chi connectivity index (χ4n) is 2.67. The van der Waals surface area contributed by atoms with Gasteiger partial charge in [-0.05, 0) is 36.5 Å². The van der Waals surface area contributed by atoms with E-state index in [1.165, 1.54) is 5.56 Å². The smallest absolute Gasteiger partial charge is 0.255 e. The highest BCUT2D eigenvalue weighted by atomic mass is 32.2. The molecular formula is C13H15NO3S. The maximum absolute atomic E-state index is 11.6. The molecule has 1 aliphatic heterocycles. The largest absolute Gasteiger partial charge is 0.336 e. The highest BCUT2D eigenvalue weighted by Crippen LogP contribution is 2.33. The fraction of sp³-hybridized carbons (Fsp3) is 0.385. The predicted octanol–water partition coefficient (Wildman–Crippen LogP) is 1.64. The standard InChI is InChI=1S/C13H15NO3S/c1-9-8-13(14-18(15,16)17-9)12-7-6-10-4-2-3-5-11(10)12/h2-5,7,9,13-14H,6,8H2,1H3/t9-,13?/m0/s1. The van der Waals surface area contributed by atoms with Gasteiger partial charge in [-0.1, -0.05) is 30.3 Å². The predicted molar refractivity (Wildman–Crippen MR) is 69.1 cm³/mol. The Morgan fingerprint density at radius 3 is 2.89 bits per heavy atom. The third kappa shape index (κ3) is 2.09. The summed E-state index contributed by atoms with van der Waals surface area (Å²) < 4.78 is 30.6. The summed E-state index contributed by atoms with van der Waals surface area (Å²) in [5.74, 6) is 0. The summed E-state index contributed by atoms with van der Waals surface area (Å²) in [6.07, 6.45) is 3.36. The SMILES string of the molecule is C[C@H]1CC(C2=CCc3ccccc32)NS(=O)(=O)O1. The first-order valence-corrected chi connectivity index (χ1v) is 7.45. The normalized spacial score (nSPS) is 29.7. The minimum absolute atomic E-state index is 0.178. The lowest BCUT2D eigenvalue weighted by Crippen LogP contribution is -2.45. The number of fused-ring (bicyclic) bond motifs is 1. The molecule has 0 bridgehead atoms. The number of allylic oxidation sites excluding steroid dienone is 1. The molecule has 0 amide bonds. The first-order valence-electron chi connectivity index (χ1n) is 6.04. The molecule has 1 fully saturated rings. The van der Waals surface area contributed by atoms with Gasteiger partial charge in [-0.25, -0.2) is 0 Å². The van der Waals surface area contributed by atoms with Crippen LogP contribution < -0.4 is 4.72 Å². The van der Waals surface area contributed by atoms with Crippen LogP contribution in [0.1, 0.15) is 24.5 Å². The Morgan fingerprint density at radius 2 is 2.11 bits per heavy atom. The first-order chi connectivity index (χ1) is 8.55. The van der Waals surface area contributed by atoms with E-state index < -0.39 is 10.3 Å². The molecule has 2 atom stereocenters. The van der Waals surface area contributed by atoms with Crippen molar-refractivity contribution in [1.29, 1.82) is 0 Å². The van der Waals surface area contributed by atoms with Gasteiger partial charge in [0.15, 0.2) is 0 Å². The number of hydrogen-bond acceptors (Lipinski definition) is 3. The van der Waals surface area contributed by atoms with Crippen LogP contribution in [0.5, 0.6) is 0 Å². The zero-order valence-electron chi connectivity index (χ0n) is 10.1. The summed E-state index contributed by atoms with van der Waals surface area (Å²) >= 11 is 0. The van der Waals surface area contributed by atoms with Gasteiger partial charge in [-0.15, -0.1) is 0 Å². The van der Waals surface area contributed by atoms with E-state index in [4.69, 9.17) is 4.18 Å². The van der Waals surface area contributed by atoms with Crippen molar-refractivity contribution in [2.24, 2.45) is 0 Å². The van der Waals surface area contributed by atoms with Gasteiger partial charge in [0.2, 0.25) is 0 Å². The van der Waals surface area contributed by atoms with E-state index in [1.807, 2.05) is 18.2 Å². The average Bonchev–Trinajstić information content (AvgIpc) is 2.69. The van der Waals surface area contributed by atoms with Crippen LogP contribution in [0.25, 0.3) is 5.57 Å². The molecule has 0 saturated carbocycles. The topological polar surface area (TPSA) is 55.4 Å². The molecule has 0 spiro atoms. The van der Waals surface area contributed by atoms with Crippen LogP contribution >= 0.6 is 0 Å². The van der Waals surface area contributed by atoms with Gasteiger partial charge in [-0.2, -0.15) is 13.1 Å². The zero-order chi connectivity index (χ0) is 12.8. The lowest BCUT2D eigenvalue weighted by Gasteiger charge is -2.29. The maximum Gasteiger partial charge on any atom is 0.336 e. The molecule has 1 aliphatic carbocycles. The molecular weight excluding hydrogens is 250 g/mol. The summed E-state index contributed by atoms with van der Waals surface area (Å²) in [4.78, 5) is 0. The molecule has 1 heterocycles. The molecule has 1 aromatic rings. The summed E-state index contributed by atoms with van der Waals surface area (Å²) in [6.45, 7) is 1.78. The minimum atomic E-state index is -3.61. The third-order valence-electron chi connectivity index (χ3n) is 3.39. The second kappa shape index (κ2) is 4.19. The Labute approximate surface area is 107 Å². The Kier molecular flexibility index (Phi) is 2.77. The molecule has 2 aliphatic rings. The summed E-state index contributed by atoms with van der Waals surface area (Å²) in [5, 5.41) is 0. The van der Waals surface area contributed by atoms with Crippen LogP contribution in [0.3, 0.4) is 0 Å². The molecule has 5 heteroatoms. The molecule has 0 radical (unpaired) electrons. The minimum Gasteiger partial charge on any atom is -0.255 e. The fourth-order valence-corrected chi connectivity index (χ4v) is 3.81. The maximum atomic E-state index is 11.6. The van der Waals surface area contributed by atoms with E-state index in [2.05, 4.69) is 16.9 Å². The van der Waals surface area contributed by atoms with Crippen molar-refractivity contribution in [3.8, 4) is 0 Å².